The van der Waals surface area contributed by atoms with Gasteiger partial charge in [-0.25, -0.2) is 0 Å². The van der Waals surface area contributed by atoms with Crippen LogP contribution in [0.15, 0.2) is 0 Å². The molecule has 98 valence electrons. The Bertz CT molecular complexity index is 296. The third-order valence-corrected chi connectivity index (χ3v) is 3.94. The summed E-state index contributed by atoms with van der Waals surface area (Å²) < 4.78 is 0. The van der Waals surface area contributed by atoms with E-state index in [1.807, 2.05) is 25.7 Å². The third kappa shape index (κ3) is 3.66. The largest absolute Gasteiger partial charge is 0.392 e. The van der Waals surface area contributed by atoms with Crippen molar-refractivity contribution in [3.63, 3.8) is 0 Å². The van der Waals surface area contributed by atoms with Crippen molar-refractivity contribution in [1.29, 1.82) is 0 Å². The molecular formula is C13H24N2OS. The van der Waals surface area contributed by atoms with Crippen LogP contribution in [0.2, 0.25) is 0 Å². The zero-order valence-electron chi connectivity index (χ0n) is 11.2. The first-order valence-electron chi connectivity index (χ1n) is 6.48. The molecule has 0 aromatic carbocycles. The van der Waals surface area contributed by atoms with Crippen LogP contribution in [-0.2, 0) is 4.79 Å². The second-order valence-electron chi connectivity index (χ2n) is 5.58. The average Bonchev–Trinajstić information content (AvgIpc) is 2.77. The average molecular weight is 256 g/mol. The molecule has 1 saturated carbocycles. The van der Waals surface area contributed by atoms with Gasteiger partial charge in [0, 0.05) is 11.5 Å². The van der Waals surface area contributed by atoms with Crippen molar-refractivity contribution in [1.82, 2.24) is 4.90 Å². The van der Waals surface area contributed by atoms with Crippen molar-refractivity contribution in [2.75, 3.05) is 6.54 Å². The molecule has 4 heteroatoms. The number of nitrogens with two attached hydrogens (primary N) is 1. The second kappa shape index (κ2) is 5.80. The number of nitrogens with zero attached hydrogens (tertiary/aromatic N) is 1. The molecule has 1 rings (SSSR count). The lowest BCUT2D eigenvalue weighted by molar-refractivity contribution is -0.142. The maximum atomic E-state index is 12.5. The molecule has 1 aliphatic rings. The van der Waals surface area contributed by atoms with Gasteiger partial charge in [-0.05, 0) is 19.3 Å². The van der Waals surface area contributed by atoms with E-state index in [1.165, 1.54) is 12.8 Å². The Morgan fingerprint density at radius 1 is 1.41 bits per heavy atom. The van der Waals surface area contributed by atoms with Gasteiger partial charge in [0.25, 0.3) is 0 Å². The van der Waals surface area contributed by atoms with Gasteiger partial charge in [-0.15, -0.1) is 0 Å². The molecule has 17 heavy (non-hydrogen) atoms. The van der Waals surface area contributed by atoms with E-state index in [9.17, 15) is 4.79 Å². The Kier molecular flexibility index (Phi) is 4.92. The summed E-state index contributed by atoms with van der Waals surface area (Å²) in [6.07, 6.45) is 5.44. The van der Waals surface area contributed by atoms with Gasteiger partial charge in [-0.3, -0.25) is 4.79 Å². The van der Waals surface area contributed by atoms with Gasteiger partial charge in [0.05, 0.1) is 11.5 Å². The molecule has 3 nitrogen and oxygen atoms in total. The summed E-state index contributed by atoms with van der Waals surface area (Å²) in [5.74, 6) is 0.194. The molecule has 0 heterocycles. The van der Waals surface area contributed by atoms with Crippen LogP contribution in [0.5, 0.6) is 0 Å². The van der Waals surface area contributed by atoms with Gasteiger partial charge in [-0.1, -0.05) is 45.8 Å². The molecule has 0 aromatic rings. The summed E-state index contributed by atoms with van der Waals surface area (Å²) >= 11 is 4.97. The highest BCUT2D eigenvalue weighted by molar-refractivity contribution is 7.80. The minimum atomic E-state index is -0.312. The summed E-state index contributed by atoms with van der Waals surface area (Å²) in [5, 5.41) is 0. The van der Waals surface area contributed by atoms with Crippen molar-refractivity contribution < 1.29 is 4.79 Å². The molecule has 1 amide bonds. The highest BCUT2D eigenvalue weighted by atomic mass is 32.1. The molecule has 0 unspecified atom stereocenters. The van der Waals surface area contributed by atoms with Crippen LogP contribution in [0.3, 0.4) is 0 Å². The molecule has 0 radical (unpaired) electrons. The number of hydrogen-bond donors (Lipinski definition) is 1. The quantitative estimate of drug-likeness (QED) is 0.769. The Balaban J connectivity index is 2.81. The van der Waals surface area contributed by atoms with Crippen LogP contribution >= 0.6 is 12.2 Å². The summed E-state index contributed by atoms with van der Waals surface area (Å²) in [5.41, 5.74) is 5.31. The molecule has 0 spiro atoms. The third-order valence-electron chi connectivity index (χ3n) is 3.82. The Morgan fingerprint density at radius 3 is 2.35 bits per heavy atom. The first-order valence-corrected chi connectivity index (χ1v) is 6.88. The van der Waals surface area contributed by atoms with Crippen LogP contribution in [-0.4, -0.2) is 28.4 Å². The van der Waals surface area contributed by atoms with Crippen LogP contribution < -0.4 is 5.73 Å². The standard InChI is InChI=1S/C13H24N2OS/c1-4-13(2,3)12(16)15(9-11(14)17)10-7-5-6-8-10/h10H,4-9H2,1-3H3,(H2,14,17). The van der Waals surface area contributed by atoms with Crippen molar-refractivity contribution in [2.24, 2.45) is 11.1 Å². The van der Waals surface area contributed by atoms with Crippen molar-refractivity contribution in [3.8, 4) is 0 Å². The number of hydrogen-bond acceptors (Lipinski definition) is 2. The molecule has 0 aromatic heterocycles. The topological polar surface area (TPSA) is 46.3 Å². The van der Waals surface area contributed by atoms with E-state index in [2.05, 4.69) is 0 Å². The van der Waals surface area contributed by atoms with E-state index in [1.54, 1.807) is 0 Å². The van der Waals surface area contributed by atoms with Gasteiger partial charge in [0.15, 0.2) is 0 Å². The summed E-state index contributed by atoms with van der Waals surface area (Å²) in [6.45, 7) is 6.47. The minimum absolute atomic E-state index is 0.194. The number of rotatable bonds is 5. The monoisotopic (exact) mass is 256 g/mol. The number of amides is 1. The van der Waals surface area contributed by atoms with E-state index < -0.39 is 0 Å². The predicted molar refractivity (Wildman–Crippen MR) is 74.8 cm³/mol. The molecular weight excluding hydrogens is 232 g/mol. The van der Waals surface area contributed by atoms with E-state index in [0.29, 0.717) is 17.6 Å². The van der Waals surface area contributed by atoms with Crippen LogP contribution in [0.25, 0.3) is 0 Å². The van der Waals surface area contributed by atoms with Gasteiger partial charge in [0.2, 0.25) is 5.91 Å². The molecule has 2 N–H and O–H groups in total. The normalized spacial score (nSPS) is 17.1. The van der Waals surface area contributed by atoms with Gasteiger partial charge in [-0.2, -0.15) is 0 Å². The fourth-order valence-corrected chi connectivity index (χ4v) is 2.43. The first kappa shape index (κ1) is 14.4. The smallest absolute Gasteiger partial charge is 0.228 e. The van der Waals surface area contributed by atoms with Crippen LogP contribution in [0, 0.1) is 5.41 Å². The predicted octanol–water partition coefficient (Wildman–Crippen LogP) is 2.48. The van der Waals surface area contributed by atoms with Crippen LogP contribution in [0.4, 0.5) is 0 Å². The lowest BCUT2D eigenvalue weighted by Crippen LogP contribution is -2.48. The Hall–Kier alpha value is -0.640. The van der Waals surface area contributed by atoms with Crippen molar-refractivity contribution >= 4 is 23.1 Å². The van der Waals surface area contributed by atoms with E-state index in [-0.39, 0.29) is 11.3 Å². The maximum absolute atomic E-state index is 12.5. The molecule has 0 aliphatic heterocycles. The zero-order valence-corrected chi connectivity index (χ0v) is 12.0. The molecule has 1 aliphatic carbocycles. The summed E-state index contributed by atoms with van der Waals surface area (Å²) in [6, 6.07) is 0.342. The van der Waals surface area contributed by atoms with Crippen molar-refractivity contribution in [2.45, 2.75) is 58.9 Å². The fraction of sp³-hybridized carbons (Fsp3) is 0.846. The lowest BCUT2D eigenvalue weighted by atomic mass is 9.88. The Morgan fingerprint density at radius 2 is 1.94 bits per heavy atom. The van der Waals surface area contributed by atoms with Gasteiger partial charge >= 0.3 is 0 Å². The number of carbonyl (C=O) groups excluding carboxylic acids is 1. The van der Waals surface area contributed by atoms with Gasteiger partial charge < -0.3 is 10.6 Å². The molecule has 0 saturated heterocycles. The lowest BCUT2D eigenvalue weighted by Gasteiger charge is -2.35. The molecule has 1 fully saturated rings. The highest BCUT2D eigenvalue weighted by Gasteiger charge is 2.35. The number of thiocarbonyl (C=S) groups is 1. The Labute approximate surface area is 110 Å². The zero-order chi connectivity index (χ0) is 13.1. The maximum Gasteiger partial charge on any atom is 0.228 e. The molecule has 0 bridgehead atoms. The van der Waals surface area contributed by atoms with E-state index in [4.69, 9.17) is 18.0 Å². The first-order chi connectivity index (χ1) is 7.88. The van der Waals surface area contributed by atoms with Crippen LogP contribution in [0.1, 0.15) is 52.9 Å². The molecule has 0 atom stereocenters. The summed E-state index contributed by atoms with van der Waals surface area (Å²) in [7, 11) is 0. The fourth-order valence-electron chi connectivity index (χ4n) is 2.29. The minimum Gasteiger partial charge on any atom is -0.392 e. The number of carbonyl (C=O) groups is 1. The van der Waals surface area contributed by atoms with E-state index in [0.717, 1.165) is 19.3 Å². The SMILES string of the molecule is CCC(C)(C)C(=O)N(CC(N)=S)C1CCCC1. The summed E-state index contributed by atoms with van der Waals surface area (Å²) in [4.78, 5) is 14.9. The highest BCUT2D eigenvalue weighted by Crippen LogP contribution is 2.29. The van der Waals surface area contributed by atoms with E-state index >= 15 is 0 Å². The van der Waals surface area contributed by atoms with Crippen molar-refractivity contribution in [3.05, 3.63) is 0 Å². The second-order valence-corrected chi connectivity index (χ2v) is 6.10. The van der Waals surface area contributed by atoms with Gasteiger partial charge in [0.1, 0.15) is 0 Å².